The summed E-state index contributed by atoms with van der Waals surface area (Å²) < 4.78 is 35.7. The van der Waals surface area contributed by atoms with Crippen molar-refractivity contribution >= 4 is 23.2 Å². The van der Waals surface area contributed by atoms with Gasteiger partial charge in [0.2, 0.25) is 11.8 Å². The van der Waals surface area contributed by atoms with Crippen LogP contribution in [0.25, 0.3) is 0 Å². The fourth-order valence-corrected chi connectivity index (χ4v) is 9.20. The monoisotopic (exact) mass is 673 g/mol. The van der Waals surface area contributed by atoms with E-state index in [0.717, 1.165) is 77.9 Å². The number of aromatic nitrogens is 1. The Labute approximate surface area is 282 Å². The minimum Gasteiger partial charge on any atom is -0.378 e. The molecule has 4 atom stereocenters. The van der Waals surface area contributed by atoms with Crippen molar-refractivity contribution in [3.63, 3.8) is 0 Å². The predicted molar refractivity (Wildman–Crippen MR) is 178 cm³/mol. The fraction of sp³-hybridized carbons (Fsp3) is 0.794. The Kier molecular flexibility index (Phi) is 10.5. The van der Waals surface area contributed by atoms with Crippen molar-refractivity contribution in [1.29, 1.82) is 0 Å². The molecule has 6 fully saturated rings. The first-order valence-corrected chi connectivity index (χ1v) is 18.3. The number of hydrazine groups is 1. The van der Waals surface area contributed by atoms with Crippen molar-refractivity contribution in [2.75, 3.05) is 75.8 Å². The largest absolute Gasteiger partial charge is 0.378 e. The lowest BCUT2D eigenvalue weighted by molar-refractivity contribution is -0.140. The summed E-state index contributed by atoms with van der Waals surface area (Å²) in [5, 5.41) is 8.36. The number of pyridine rings is 1. The molecule has 1 saturated carbocycles. The first-order chi connectivity index (χ1) is 23.3. The number of hydrogen-bond acceptors (Lipinski definition) is 10. The Morgan fingerprint density at radius 2 is 1.65 bits per heavy atom. The number of piperazine rings is 1. The fourth-order valence-electron chi connectivity index (χ4n) is 9.20. The molecule has 0 radical (unpaired) electrons. The van der Waals surface area contributed by atoms with E-state index in [0.29, 0.717) is 32.0 Å². The molecule has 0 spiro atoms. The van der Waals surface area contributed by atoms with Crippen LogP contribution in [0.4, 0.5) is 20.2 Å². The van der Waals surface area contributed by atoms with E-state index in [-0.39, 0.29) is 48.1 Å². The standard InChI is InChI=1S/C34H53F2N9O3/c35-25-17-39-34(24-7-5-3-1-2-4-6-8-24)29(31(37)41-45(34)20-25)32(46)40-28-19-38-18-27(36)30(28)43-11-9-23(10-12-43)33(47)44-15-13-42(14-16-44)26-21-48-22-26/h18-19,23-26,29,31,39,41H,1-17,20-22,37H2,(H,40,46). The zero-order valence-electron chi connectivity index (χ0n) is 28.1. The highest BCUT2D eigenvalue weighted by molar-refractivity contribution is 5.97. The molecule has 5 saturated heterocycles. The molecule has 48 heavy (non-hydrogen) atoms. The van der Waals surface area contributed by atoms with E-state index in [1.807, 2.05) is 14.8 Å². The second-order valence-electron chi connectivity index (χ2n) is 14.8. The van der Waals surface area contributed by atoms with Gasteiger partial charge in [0.05, 0.1) is 43.5 Å². The molecule has 1 aliphatic carbocycles. The van der Waals surface area contributed by atoms with E-state index >= 15 is 4.39 Å². The molecule has 266 valence electrons. The van der Waals surface area contributed by atoms with E-state index in [1.165, 1.54) is 25.2 Å². The third-order valence-corrected chi connectivity index (χ3v) is 11.9. The van der Waals surface area contributed by atoms with Crippen LogP contribution in [0.15, 0.2) is 12.4 Å². The molecule has 14 heteroatoms. The van der Waals surface area contributed by atoms with Crippen molar-refractivity contribution in [3.05, 3.63) is 18.2 Å². The number of carbonyl (C=O) groups excluding carboxylic acids is 2. The van der Waals surface area contributed by atoms with E-state index in [4.69, 9.17) is 10.5 Å². The number of hydrogen-bond donors (Lipinski definition) is 4. The predicted octanol–water partition coefficient (Wildman–Crippen LogP) is 2.03. The number of alkyl halides is 1. The Bertz CT molecular complexity index is 1280. The van der Waals surface area contributed by atoms with Crippen molar-refractivity contribution in [1.82, 2.24) is 30.5 Å². The number of piperidine rings is 1. The topological polar surface area (TPSA) is 131 Å². The van der Waals surface area contributed by atoms with Crippen LogP contribution < -0.4 is 26.7 Å². The van der Waals surface area contributed by atoms with Crippen LogP contribution in [0.3, 0.4) is 0 Å². The van der Waals surface area contributed by atoms with Crippen LogP contribution in [-0.4, -0.2) is 121 Å². The average molecular weight is 674 g/mol. The average Bonchev–Trinajstić information content (AvgIpc) is 3.43. The van der Waals surface area contributed by atoms with Gasteiger partial charge >= 0.3 is 0 Å². The number of fused-ring (bicyclic) bond motifs is 1. The number of nitrogens with zero attached hydrogens (tertiary/aromatic N) is 5. The molecule has 1 aromatic heterocycles. The third kappa shape index (κ3) is 6.68. The van der Waals surface area contributed by atoms with Crippen LogP contribution in [0.5, 0.6) is 0 Å². The molecule has 6 heterocycles. The zero-order valence-corrected chi connectivity index (χ0v) is 28.1. The second-order valence-corrected chi connectivity index (χ2v) is 14.8. The van der Waals surface area contributed by atoms with E-state index < -0.39 is 29.7 Å². The molecule has 6 aliphatic rings. The van der Waals surface area contributed by atoms with Gasteiger partial charge in [-0.25, -0.2) is 19.2 Å². The summed E-state index contributed by atoms with van der Waals surface area (Å²) in [4.78, 5) is 38.2. The Morgan fingerprint density at radius 1 is 0.958 bits per heavy atom. The number of anilines is 2. The number of halogens is 2. The molecule has 7 rings (SSSR count). The molecule has 0 aromatic carbocycles. The molecule has 5 aliphatic heterocycles. The van der Waals surface area contributed by atoms with Crippen LogP contribution in [0, 0.1) is 23.6 Å². The maximum Gasteiger partial charge on any atom is 0.233 e. The summed E-state index contributed by atoms with van der Waals surface area (Å²) in [7, 11) is 0. The van der Waals surface area contributed by atoms with Gasteiger partial charge in [-0.2, -0.15) is 0 Å². The molecule has 5 N–H and O–H groups in total. The highest BCUT2D eigenvalue weighted by Crippen LogP contribution is 2.44. The summed E-state index contributed by atoms with van der Waals surface area (Å²) in [6.45, 7) is 6.02. The number of ether oxygens (including phenoxy) is 1. The summed E-state index contributed by atoms with van der Waals surface area (Å²) in [6.07, 6.45) is 10.7. The molecular weight excluding hydrogens is 620 g/mol. The summed E-state index contributed by atoms with van der Waals surface area (Å²) in [5.74, 6) is -1.44. The third-order valence-electron chi connectivity index (χ3n) is 11.9. The van der Waals surface area contributed by atoms with Crippen molar-refractivity contribution in [3.8, 4) is 0 Å². The minimum absolute atomic E-state index is 0.0942. The molecule has 1 aromatic rings. The van der Waals surface area contributed by atoms with Gasteiger partial charge in [0.15, 0.2) is 5.82 Å². The lowest BCUT2D eigenvalue weighted by Crippen LogP contribution is -2.72. The maximum absolute atomic E-state index is 15.6. The van der Waals surface area contributed by atoms with Crippen LogP contribution in [0.2, 0.25) is 0 Å². The maximum atomic E-state index is 15.6. The van der Waals surface area contributed by atoms with Crippen molar-refractivity contribution < 1.29 is 23.1 Å². The Balaban J connectivity index is 1.04. The van der Waals surface area contributed by atoms with Gasteiger partial charge in [-0.15, -0.1) is 0 Å². The first kappa shape index (κ1) is 34.0. The summed E-state index contributed by atoms with van der Waals surface area (Å²) in [6, 6.07) is 0.480. The van der Waals surface area contributed by atoms with Gasteiger partial charge in [-0.3, -0.25) is 24.8 Å². The minimum atomic E-state index is -1.09. The lowest BCUT2D eigenvalue weighted by Gasteiger charge is -2.50. The van der Waals surface area contributed by atoms with Gasteiger partial charge < -0.3 is 25.6 Å². The van der Waals surface area contributed by atoms with Gasteiger partial charge in [0, 0.05) is 58.3 Å². The Hall–Kier alpha value is -2.49. The number of nitrogens with one attached hydrogen (secondary N) is 3. The van der Waals surface area contributed by atoms with Gasteiger partial charge in [-0.05, 0) is 31.6 Å². The number of nitrogens with two attached hydrogens (primary N) is 1. The highest BCUT2D eigenvalue weighted by atomic mass is 19.1. The molecular formula is C34H53F2N9O3. The normalized spacial score (nSPS) is 32.2. The zero-order chi connectivity index (χ0) is 33.3. The quantitative estimate of drug-likeness (QED) is 0.356. The van der Waals surface area contributed by atoms with Gasteiger partial charge in [0.1, 0.15) is 23.4 Å². The first-order valence-electron chi connectivity index (χ1n) is 18.3. The van der Waals surface area contributed by atoms with E-state index in [2.05, 4.69) is 25.9 Å². The SMILES string of the molecule is NC1NN2CC(F)CNC2(C2CCCCCCCC2)C1C(=O)Nc1cncc(F)c1N1CCC(C(=O)N2CCN(C3COC3)CC2)CC1. The highest BCUT2D eigenvalue weighted by Gasteiger charge is 2.61. The number of amides is 2. The number of carbonyl (C=O) groups is 2. The van der Waals surface area contributed by atoms with E-state index in [1.54, 1.807) is 0 Å². The van der Waals surface area contributed by atoms with Crippen LogP contribution >= 0.6 is 0 Å². The Morgan fingerprint density at radius 3 is 2.31 bits per heavy atom. The van der Waals surface area contributed by atoms with Crippen molar-refractivity contribution in [2.45, 2.75) is 88.3 Å². The summed E-state index contributed by atoms with van der Waals surface area (Å²) >= 11 is 0. The second kappa shape index (κ2) is 14.8. The van der Waals surface area contributed by atoms with Crippen molar-refractivity contribution in [2.24, 2.45) is 23.5 Å². The lowest BCUT2D eigenvalue weighted by atomic mass is 9.74. The molecule has 2 amide bonds. The van der Waals surface area contributed by atoms with Gasteiger partial charge in [-0.1, -0.05) is 38.5 Å². The van der Waals surface area contributed by atoms with Gasteiger partial charge in [0.25, 0.3) is 0 Å². The van der Waals surface area contributed by atoms with E-state index in [9.17, 15) is 14.0 Å². The smallest absolute Gasteiger partial charge is 0.233 e. The molecule has 12 nitrogen and oxygen atoms in total. The summed E-state index contributed by atoms with van der Waals surface area (Å²) in [5.41, 5.74) is 9.62. The van der Waals surface area contributed by atoms with Crippen LogP contribution in [-0.2, 0) is 14.3 Å². The number of rotatable bonds is 6. The molecule has 0 bridgehead atoms. The molecule has 4 unspecified atom stereocenters. The van der Waals surface area contributed by atoms with Crippen LogP contribution in [0.1, 0.15) is 64.2 Å².